The molecule has 1 aromatic heterocycles. The fourth-order valence-electron chi connectivity index (χ4n) is 2.11. The Labute approximate surface area is 116 Å². The van der Waals surface area contributed by atoms with Gasteiger partial charge in [-0.3, -0.25) is 0 Å². The van der Waals surface area contributed by atoms with Crippen molar-refractivity contribution in [3.8, 4) is 5.69 Å². The number of hydrogen-bond acceptors (Lipinski definition) is 2. The third-order valence-corrected chi connectivity index (χ3v) is 3.13. The second-order valence-electron chi connectivity index (χ2n) is 4.71. The Hall–Kier alpha value is -2.78. The van der Waals surface area contributed by atoms with Gasteiger partial charge in [0, 0.05) is 0 Å². The summed E-state index contributed by atoms with van der Waals surface area (Å²) in [5, 5.41) is 17.3. The Morgan fingerprint density at radius 3 is 2.50 bits per heavy atom. The molecule has 0 radical (unpaired) electrons. The number of aryl methyl sites for hydroxylation is 2. The molecule has 98 valence electrons. The molecule has 0 amide bonds. The second kappa shape index (κ2) is 4.72. The molecule has 3 rings (SSSR count). The lowest BCUT2D eigenvalue weighted by atomic mass is 10.2. The Morgan fingerprint density at radius 2 is 1.80 bits per heavy atom. The summed E-state index contributed by atoms with van der Waals surface area (Å²) in [6.45, 7) is 4.04. The quantitative estimate of drug-likeness (QED) is 0.517. The Balaban J connectivity index is 2.31. The first-order valence-electron chi connectivity index (χ1n) is 6.28. The molecule has 0 N–H and O–H groups in total. The van der Waals surface area contributed by atoms with Crippen molar-refractivity contribution in [2.75, 3.05) is 0 Å². The van der Waals surface area contributed by atoms with Crippen LogP contribution in [0.15, 0.2) is 47.6 Å². The summed E-state index contributed by atoms with van der Waals surface area (Å²) < 4.78 is 0. The number of rotatable bonds is 2. The Kier molecular flexibility index (Phi) is 2.89. The van der Waals surface area contributed by atoms with Gasteiger partial charge in [-0.25, -0.2) is 5.10 Å². The van der Waals surface area contributed by atoms with Crippen LogP contribution in [0.1, 0.15) is 11.1 Å². The van der Waals surface area contributed by atoms with Gasteiger partial charge >= 0.3 is 0 Å². The largest absolute Gasteiger partial charge is 0.419 e. The highest BCUT2D eigenvalue weighted by Crippen LogP contribution is 2.13. The van der Waals surface area contributed by atoms with Crippen LogP contribution in [0.3, 0.4) is 0 Å². The van der Waals surface area contributed by atoms with Crippen LogP contribution in [0.2, 0.25) is 0 Å². The zero-order valence-electron chi connectivity index (χ0n) is 11.3. The maximum Gasteiger partial charge on any atom is 0.250 e. The smallest absolute Gasteiger partial charge is 0.250 e. The van der Waals surface area contributed by atoms with Crippen LogP contribution in [0, 0.1) is 13.8 Å². The zero-order valence-corrected chi connectivity index (χ0v) is 11.3. The van der Waals surface area contributed by atoms with Gasteiger partial charge in [0.05, 0.1) is 5.10 Å². The average Bonchev–Trinajstić information content (AvgIpc) is 2.78. The summed E-state index contributed by atoms with van der Waals surface area (Å²) in [6, 6.07) is 15.6. The molecule has 0 saturated heterocycles. The van der Waals surface area contributed by atoms with E-state index in [1.54, 1.807) is 4.80 Å². The third kappa shape index (κ3) is 2.00. The molecule has 2 aromatic carbocycles. The van der Waals surface area contributed by atoms with E-state index in [9.17, 15) is 0 Å². The molecule has 0 fully saturated rings. The standard InChI is InChI=1S/C15H13N5/c1-11-3-6-13(7-4-11)19-18-14-9-12(2)5-8-15(14)20(19)17-10-16/h3-9H,1-2H3. The summed E-state index contributed by atoms with van der Waals surface area (Å²) in [5.41, 5.74) is 4.77. The van der Waals surface area contributed by atoms with E-state index in [0.717, 1.165) is 22.3 Å². The molecule has 20 heavy (non-hydrogen) atoms. The van der Waals surface area contributed by atoms with E-state index >= 15 is 0 Å². The van der Waals surface area contributed by atoms with E-state index in [4.69, 9.17) is 5.41 Å². The number of fused-ring (bicyclic) bond motifs is 1. The minimum Gasteiger partial charge on any atom is -0.419 e. The van der Waals surface area contributed by atoms with E-state index in [-0.39, 0.29) is 0 Å². The summed E-state index contributed by atoms with van der Waals surface area (Å²) in [4.78, 5) is 3.15. The zero-order chi connectivity index (χ0) is 14.1. The maximum absolute atomic E-state index is 8.89. The highest BCUT2D eigenvalue weighted by Gasteiger charge is 2.17. The van der Waals surface area contributed by atoms with Crippen molar-refractivity contribution in [3.63, 3.8) is 0 Å². The van der Waals surface area contributed by atoms with Crippen LogP contribution in [0.25, 0.3) is 22.1 Å². The SMILES string of the molecule is Cc1ccc(-n2nc3cc(C)ccc3[n+]2N=C=[N-])cc1. The first-order chi connectivity index (χ1) is 9.69. The van der Waals surface area contributed by atoms with Gasteiger partial charge in [0.25, 0.3) is 5.52 Å². The van der Waals surface area contributed by atoms with Gasteiger partial charge in [0.15, 0.2) is 0 Å². The van der Waals surface area contributed by atoms with Gasteiger partial charge in [-0.2, -0.15) is 0 Å². The second-order valence-corrected chi connectivity index (χ2v) is 4.71. The minimum atomic E-state index is 0.803. The molecule has 0 aliphatic heterocycles. The first-order valence-corrected chi connectivity index (χ1v) is 6.28. The molecule has 0 atom stereocenters. The first kappa shape index (κ1) is 12.3. The molecular formula is C15H13N5. The fourth-order valence-corrected chi connectivity index (χ4v) is 2.11. The van der Waals surface area contributed by atoms with Crippen molar-refractivity contribution in [1.29, 1.82) is 0 Å². The molecule has 0 bridgehead atoms. The highest BCUT2D eigenvalue weighted by molar-refractivity contribution is 5.71. The topological polar surface area (TPSA) is 56.4 Å². The predicted octanol–water partition coefficient (Wildman–Crippen LogP) is 2.44. The van der Waals surface area contributed by atoms with Gasteiger partial charge in [-0.1, -0.05) is 23.8 Å². The molecule has 3 aromatic rings. The van der Waals surface area contributed by atoms with Crippen molar-refractivity contribution in [2.45, 2.75) is 13.8 Å². The lowest BCUT2D eigenvalue weighted by molar-refractivity contribution is -0.731. The number of aromatic nitrogens is 3. The van der Waals surface area contributed by atoms with Gasteiger partial charge < -0.3 is 5.41 Å². The van der Waals surface area contributed by atoms with E-state index in [0.29, 0.717) is 0 Å². The van der Waals surface area contributed by atoms with Crippen LogP contribution in [0.5, 0.6) is 0 Å². The number of hydrogen-bond donors (Lipinski definition) is 0. The van der Waals surface area contributed by atoms with Crippen LogP contribution >= 0.6 is 0 Å². The summed E-state index contributed by atoms with van der Waals surface area (Å²) in [5.74, 6) is 0. The average molecular weight is 263 g/mol. The number of benzene rings is 2. The monoisotopic (exact) mass is 263 g/mol. The summed E-state index contributed by atoms with van der Waals surface area (Å²) in [7, 11) is 0. The van der Waals surface area contributed by atoms with E-state index in [1.165, 1.54) is 10.4 Å². The van der Waals surface area contributed by atoms with Gasteiger partial charge in [0.2, 0.25) is 5.52 Å². The summed E-state index contributed by atoms with van der Waals surface area (Å²) >= 11 is 0. The van der Waals surface area contributed by atoms with Crippen LogP contribution in [-0.2, 0) is 0 Å². The van der Waals surface area contributed by atoms with Gasteiger partial charge in [-0.05, 0) is 48.5 Å². The highest BCUT2D eigenvalue weighted by atomic mass is 15.7. The fraction of sp³-hybridized carbons (Fsp3) is 0.133. The van der Waals surface area contributed by atoms with E-state index < -0.39 is 0 Å². The Bertz CT molecular complexity index is 823. The lowest BCUT2D eigenvalue weighted by Gasteiger charge is -2.00. The molecule has 1 heterocycles. The van der Waals surface area contributed by atoms with Crippen molar-refractivity contribution < 1.29 is 4.79 Å². The van der Waals surface area contributed by atoms with Crippen LogP contribution in [0.4, 0.5) is 0 Å². The normalized spacial score (nSPS) is 10.5. The van der Waals surface area contributed by atoms with Gasteiger partial charge in [0.1, 0.15) is 5.69 Å². The summed E-state index contributed by atoms with van der Waals surface area (Å²) in [6.07, 6.45) is 0. The van der Waals surface area contributed by atoms with Crippen LogP contribution < -0.4 is 4.79 Å². The molecule has 5 nitrogen and oxygen atoms in total. The number of nitrogens with zero attached hydrogens (tertiary/aromatic N) is 5. The van der Waals surface area contributed by atoms with Crippen molar-refractivity contribution >= 4 is 17.0 Å². The molecule has 0 spiro atoms. The van der Waals surface area contributed by atoms with Crippen molar-refractivity contribution in [2.24, 2.45) is 5.10 Å². The molecule has 0 aliphatic carbocycles. The maximum atomic E-state index is 8.89. The lowest BCUT2D eigenvalue weighted by Crippen LogP contribution is -2.38. The van der Waals surface area contributed by atoms with Crippen LogP contribution in [-0.4, -0.2) is 15.9 Å². The van der Waals surface area contributed by atoms with Crippen molar-refractivity contribution in [3.05, 3.63) is 59.0 Å². The van der Waals surface area contributed by atoms with Gasteiger partial charge in [-0.15, -0.1) is 10.8 Å². The Morgan fingerprint density at radius 1 is 1.10 bits per heavy atom. The minimum absolute atomic E-state index is 0.803. The molecule has 0 aliphatic rings. The van der Waals surface area contributed by atoms with Crippen molar-refractivity contribution in [1.82, 2.24) is 9.90 Å². The van der Waals surface area contributed by atoms with E-state index in [2.05, 4.69) is 10.2 Å². The van der Waals surface area contributed by atoms with E-state index in [1.807, 2.05) is 62.3 Å². The molecule has 0 unspecified atom stereocenters. The third-order valence-electron chi connectivity index (χ3n) is 3.13. The molecular weight excluding hydrogens is 250 g/mol. The predicted molar refractivity (Wildman–Crippen MR) is 76.9 cm³/mol. The molecule has 0 saturated carbocycles. The molecule has 5 heteroatoms.